The van der Waals surface area contributed by atoms with E-state index < -0.39 is 47.8 Å². The lowest BCUT2D eigenvalue weighted by Crippen LogP contribution is -2.56. The summed E-state index contributed by atoms with van der Waals surface area (Å²) in [5.74, 6) is -2.12. The fourth-order valence-corrected chi connectivity index (χ4v) is 4.41. The van der Waals surface area contributed by atoms with Gasteiger partial charge < -0.3 is 31.3 Å². The Kier molecular flexibility index (Phi) is 15.2. The fourth-order valence-electron chi connectivity index (χ4n) is 4.41. The number of carbonyl (C=O) groups excluding carboxylic acids is 5. The Morgan fingerprint density at radius 2 is 1.45 bits per heavy atom. The normalized spacial score (nSPS) is 13.0. The van der Waals surface area contributed by atoms with Crippen LogP contribution < -0.4 is 21.7 Å². The molecule has 0 heterocycles. The van der Waals surface area contributed by atoms with Gasteiger partial charge in [0.25, 0.3) is 0 Å². The second kappa shape index (κ2) is 18.8. The fraction of sp³-hybridized carbons (Fsp3) is 0.424. The lowest BCUT2D eigenvalue weighted by molar-refractivity contribution is -0.137. The largest absolute Gasteiger partial charge is 0.463 e. The van der Waals surface area contributed by atoms with Gasteiger partial charge in [0.05, 0.1) is 6.61 Å². The van der Waals surface area contributed by atoms with Crippen LogP contribution in [0.5, 0.6) is 0 Å². The summed E-state index contributed by atoms with van der Waals surface area (Å²) in [5, 5.41) is 8.46. The Morgan fingerprint density at radius 3 is 2.02 bits per heavy atom. The van der Waals surface area contributed by atoms with Crippen molar-refractivity contribution >= 4 is 29.7 Å². The number of urea groups is 1. The van der Waals surface area contributed by atoms with Crippen molar-refractivity contribution in [3.8, 4) is 0 Å². The lowest BCUT2D eigenvalue weighted by Gasteiger charge is -2.27. The summed E-state index contributed by atoms with van der Waals surface area (Å²) in [6.07, 6.45) is 3.24. The second-order valence-corrected chi connectivity index (χ2v) is 11.0. The van der Waals surface area contributed by atoms with Crippen LogP contribution in [0.25, 0.3) is 0 Å². The zero-order chi connectivity index (χ0) is 32.5. The van der Waals surface area contributed by atoms with Crippen molar-refractivity contribution < 1.29 is 28.7 Å². The number of nitrogens with one attached hydrogen (secondary N) is 3. The molecular weight excluding hydrogens is 562 g/mol. The first kappa shape index (κ1) is 35.5. The Bertz CT molecular complexity index is 1250. The van der Waals surface area contributed by atoms with E-state index in [4.69, 9.17) is 10.5 Å². The minimum Gasteiger partial charge on any atom is -0.463 e. The molecule has 3 atom stereocenters. The van der Waals surface area contributed by atoms with Crippen molar-refractivity contribution in [3.63, 3.8) is 0 Å². The highest BCUT2D eigenvalue weighted by Gasteiger charge is 2.29. The van der Waals surface area contributed by atoms with Crippen LogP contribution in [-0.4, -0.2) is 66.4 Å². The first-order valence-electron chi connectivity index (χ1n) is 14.8. The molecule has 11 nitrogen and oxygen atoms in total. The third-order valence-electron chi connectivity index (χ3n) is 6.63. The van der Waals surface area contributed by atoms with Gasteiger partial charge in [0, 0.05) is 38.6 Å². The van der Waals surface area contributed by atoms with Crippen molar-refractivity contribution in [1.82, 2.24) is 20.9 Å². The average molecular weight is 608 g/mol. The summed E-state index contributed by atoms with van der Waals surface area (Å²) in [4.78, 5) is 65.1. The molecule has 0 unspecified atom stereocenters. The molecule has 0 fully saturated rings. The van der Waals surface area contributed by atoms with Gasteiger partial charge in [0.1, 0.15) is 12.1 Å². The molecule has 0 aliphatic carbocycles. The predicted molar refractivity (Wildman–Crippen MR) is 168 cm³/mol. The molecule has 5 N–H and O–H groups in total. The zero-order valence-electron chi connectivity index (χ0n) is 26.0. The molecule has 0 saturated carbocycles. The van der Waals surface area contributed by atoms with Crippen LogP contribution >= 0.6 is 0 Å². The molecule has 0 aromatic heterocycles. The van der Waals surface area contributed by atoms with E-state index in [1.807, 2.05) is 74.5 Å². The predicted octanol–water partition coefficient (Wildman–Crippen LogP) is 2.84. The van der Waals surface area contributed by atoms with Gasteiger partial charge in [-0.2, -0.15) is 0 Å². The number of amides is 5. The quantitative estimate of drug-likeness (QED) is 0.160. The molecule has 11 heteroatoms. The SMILES string of the molecule is CCOC(=O)/C=C/[C@H](CCC(N)=O)NC(=O)[C@H](Cc1ccccc1)NC(=O)[C@H](CC(C)C)NC(=O)N(C)Cc1ccccc1. The van der Waals surface area contributed by atoms with E-state index in [9.17, 15) is 24.0 Å². The molecule has 2 aromatic carbocycles. The third-order valence-corrected chi connectivity index (χ3v) is 6.63. The first-order valence-corrected chi connectivity index (χ1v) is 14.8. The van der Waals surface area contributed by atoms with Crippen LogP contribution in [-0.2, 0) is 36.9 Å². The van der Waals surface area contributed by atoms with Crippen molar-refractivity contribution in [3.05, 3.63) is 83.9 Å². The number of nitrogens with zero attached hydrogens (tertiary/aromatic N) is 1. The minimum atomic E-state index is -1.02. The molecule has 0 bridgehead atoms. The standard InChI is InChI=1S/C33H45N5O6/c1-5-44-30(40)19-17-26(16-18-29(34)39)35-31(41)28(21-24-12-8-6-9-13-24)36-32(42)27(20-23(2)3)37-33(43)38(4)22-25-14-10-7-11-15-25/h6-15,17,19,23,26-28H,5,16,18,20-22H2,1-4H3,(H2,34,39)(H,35,41)(H,36,42)(H,37,43)/b19-17+/t26-,27-,28-/m0/s1. The maximum atomic E-state index is 13.6. The number of hydrogen-bond acceptors (Lipinski definition) is 6. The van der Waals surface area contributed by atoms with Gasteiger partial charge in [-0.1, -0.05) is 80.6 Å². The Labute approximate surface area is 259 Å². The zero-order valence-corrected chi connectivity index (χ0v) is 26.0. The van der Waals surface area contributed by atoms with Gasteiger partial charge in [-0.3, -0.25) is 14.4 Å². The summed E-state index contributed by atoms with van der Waals surface area (Å²) in [6.45, 7) is 6.09. The number of benzene rings is 2. The van der Waals surface area contributed by atoms with E-state index in [-0.39, 0.29) is 31.8 Å². The van der Waals surface area contributed by atoms with Gasteiger partial charge in [0.15, 0.2) is 0 Å². The van der Waals surface area contributed by atoms with Gasteiger partial charge in [-0.25, -0.2) is 9.59 Å². The summed E-state index contributed by atoms with van der Waals surface area (Å²) in [6, 6.07) is 15.6. The van der Waals surface area contributed by atoms with E-state index >= 15 is 0 Å². The average Bonchev–Trinajstić information content (AvgIpc) is 2.98. The lowest BCUT2D eigenvalue weighted by atomic mass is 10.0. The first-order chi connectivity index (χ1) is 21.0. The van der Waals surface area contributed by atoms with Crippen LogP contribution in [0.2, 0.25) is 0 Å². The van der Waals surface area contributed by atoms with Crippen molar-refractivity contribution in [2.24, 2.45) is 11.7 Å². The summed E-state index contributed by atoms with van der Waals surface area (Å²) >= 11 is 0. The highest BCUT2D eigenvalue weighted by Crippen LogP contribution is 2.10. The number of ether oxygens (including phenoxy) is 1. The number of nitrogens with two attached hydrogens (primary N) is 1. The Morgan fingerprint density at radius 1 is 0.864 bits per heavy atom. The van der Waals surface area contributed by atoms with E-state index in [0.717, 1.165) is 11.1 Å². The monoisotopic (exact) mass is 607 g/mol. The summed E-state index contributed by atoms with van der Waals surface area (Å²) in [5.41, 5.74) is 7.06. The van der Waals surface area contributed by atoms with Crippen LogP contribution in [0.3, 0.4) is 0 Å². The topological polar surface area (TPSA) is 160 Å². The van der Waals surface area contributed by atoms with Gasteiger partial charge in [-0.15, -0.1) is 0 Å². The van der Waals surface area contributed by atoms with Crippen molar-refractivity contribution in [1.29, 1.82) is 0 Å². The molecule has 0 aliphatic heterocycles. The maximum absolute atomic E-state index is 13.6. The molecule has 0 spiro atoms. The minimum absolute atomic E-state index is 0.0349. The van der Waals surface area contributed by atoms with Gasteiger partial charge >= 0.3 is 12.0 Å². The van der Waals surface area contributed by atoms with Crippen molar-refractivity contribution in [2.45, 2.75) is 71.1 Å². The third kappa shape index (κ3) is 13.5. The molecule has 2 aromatic rings. The van der Waals surface area contributed by atoms with Gasteiger partial charge in [-0.05, 0) is 36.8 Å². The van der Waals surface area contributed by atoms with E-state index in [1.54, 1.807) is 14.0 Å². The van der Waals surface area contributed by atoms with E-state index in [1.165, 1.54) is 17.1 Å². The molecule has 0 radical (unpaired) electrons. The summed E-state index contributed by atoms with van der Waals surface area (Å²) in [7, 11) is 1.65. The molecule has 0 saturated heterocycles. The molecule has 5 amide bonds. The number of rotatable bonds is 17. The smallest absolute Gasteiger partial charge is 0.330 e. The van der Waals surface area contributed by atoms with Crippen LogP contribution in [0, 0.1) is 5.92 Å². The molecule has 44 heavy (non-hydrogen) atoms. The maximum Gasteiger partial charge on any atom is 0.330 e. The second-order valence-electron chi connectivity index (χ2n) is 11.0. The molecule has 0 aliphatic rings. The van der Waals surface area contributed by atoms with E-state index in [0.29, 0.717) is 13.0 Å². The molecular formula is C33H45N5O6. The number of hydrogen-bond donors (Lipinski definition) is 4. The van der Waals surface area contributed by atoms with Crippen LogP contribution in [0.4, 0.5) is 4.79 Å². The van der Waals surface area contributed by atoms with E-state index in [2.05, 4.69) is 16.0 Å². The summed E-state index contributed by atoms with van der Waals surface area (Å²) < 4.78 is 4.92. The Balaban J connectivity index is 2.24. The number of esters is 1. The van der Waals surface area contributed by atoms with Gasteiger partial charge in [0.2, 0.25) is 17.7 Å². The van der Waals surface area contributed by atoms with Crippen LogP contribution in [0.15, 0.2) is 72.8 Å². The van der Waals surface area contributed by atoms with Crippen molar-refractivity contribution in [2.75, 3.05) is 13.7 Å². The highest BCUT2D eigenvalue weighted by atomic mass is 16.5. The Hall–Kier alpha value is -4.67. The molecule has 238 valence electrons. The number of primary amides is 1. The number of carbonyl (C=O) groups is 5. The highest BCUT2D eigenvalue weighted by molar-refractivity contribution is 5.92. The molecule has 2 rings (SSSR count). The van der Waals surface area contributed by atoms with Crippen LogP contribution in [0.1, 0.15) is 51.2 Å².